The molecular formula is C36H48O19. The van der Waals surface area contributed by atoms with Crippen molar-refractivity contribution in [1.29, 1.82) is 0 Å². The number of hydrogen-bond acceptors (Lipinski definition) is 19. The Morgan fingerprint density at radius 1 is 0.782 bits per heavy atom. The minimum atomic E-state index is -1.81. The maximum Gasteiger partial charge on any atom is 0.331 e. The number of methoxy groups -OCH3 is 2. The van der Waals surface area contributed by atoms with Crippen LogP contribution in [0.1, 0.15) is 18.1 Å². The van der Waals surface area contributed by atoms with E-state index in [1.165, 1.54) is 45.4 Å². The molecule has 3 aliphatic rings. The highest BCUT2D eigenvalue weighted by atomic mass is 16.8. The molecule has 0 spiro atoms. The van der Waals surface area contributed by atoms with Gasteiger partial charge in [0.25, 0.3) is 0 Å². The predicted octanol–water partition coefficient (Wildman–Crippen LogP) is -1.95. The Morgan fingerprint density at radius 2 is 1.51 bits per heavy atom. The fraction of sp³-hybridized carbons (Fsp3) is 0.583. The SMILES string of the molecule is COc1ccc(/C=C\C(=O)O[C@H]2[C@H](O[C@H]3O[C@@H](C)[C@H](O)[C@@H](O)[C@H]3O[C@H]3OC[C@H](O)[C@@H](O)[C@H]3O)[C@@H](O)[C@H](OCCc3ccc(O)c(O)c3)O[C@@H]2CO)cc1OC. The van der Waals surface area contributed by atoms with E-state index in [1.54, 1.807) is 18.2 Å². The van der Waals surface area contributed by atoms with Gasteiger partial charge in [0, 0.05) is 6.08 Å². The van der Waals surface area contributed by atoms with Crippen LogP contribution >= 0.6 is 0 Å². The van der Waals surface area contributed by atoms with Crippen molar-refractivity contribution in [1.82, 2.24) is 0 Å². The van der Waals surface area contributed by atoms with Gasteiger partial charge in [-0.1, -0.05) is 12.1 Å². The van der Waals surface area contributed by atoms with Crippen molar-refractivity contribution in [3.8, 4) is 23.0 Å². The summed E-state index contributed by atoms with van der Waals surface area (Å²) in [6, 6.07) is 9.03. The van der Waals surface area contributed by atoms with Crippen molar-refractivity contribution in [3.63, 3.8) is 0 Å². The van der Waals surface area contributed by atoms with Crippen LogP contribution in [0.3, 0.4) is 0 Å². The molecule has 0 aliphatic carbocycles. The van der Waals surface area contributed by atoms with Crippen molar-refractivity contribution >= 4 is 12.0 Å². The van der Waals surface area contributed by atoms with E-state index in [2.05, 4.69) is 0 Å². The molecule has 3 saturated heterocycles. The number of aliphatic hydroxyl groups is 7. The minimum absolute atomic E-state index is 0.117. The van der Waals surface area contributed by atoms with Gasteiger partial charge in [-0.3, -0.25) is 0 Å². The van der Waals surface area contributed by atoms with Gasteiger partial charge in [-0.2, -0.15) is 0 Å². The molecule has 19 nitrogen and oxygen atoms in total. The predicted molar refractivity (Wildman–Crippen MR) is 183 cm³/mol. The molecule has 306 valence electrons. The van der Waals surface area contributed by atoms with E-state index in [9.17, 15) is 50.8 Å². The van der Waals surface area contributed by atoms with Gasteiger partial charge >= 0.3 is 5.97 Å². The van der Waals surface area contributed by atoms with Gasteiger partial charge in [0.15, 0.2) is 48.0 Å². The van der Waals surface area contributed by atoms with Crippen LogP contribution in [0.15, 0.2) is 42.5 Å². The average Bonchev–Trinajstić information content (AvgIpc) is 3.17. The lowest BCUT2D eigenvalue weighted by molar-refractivity contribution is -0.381. The molecule has 3 heterocycles. The van der Waals surface area contributed by atoms with E-state index in [0.717, 1.165) is 6.08 Å². The zero-order valence-electron chi connectivity index (χ0n) is 30.1. The van der Waals surface area contributed by atoms with Crippen LogP contribution in [0.5, 0.6) is 23.0 Å². The second-order valence-electron chi connectivity index (χ2n) is 13.2. The molecule has 14 atom stereocenters. The highest BCUT2D eigenvalue weighted by Crippen LogP contribution is 2.34. The van der Waals surface area contributed by atoms with E-state index in [-0.39, 0.29) is 24.5 Å². The van der Waals surface area contributed by atoms with Crippen LogP contribution in [-0.2, 0) is 44.4 Å². The lowest BCUT2D eigenvalue weighted by Gasteiger charge is -2.48. The fourth-order valence-corrected chi connectivity index (χ4v) is 6.25. The molecule has 0 bridgehead atoms. The first kappa shape index (κ1) is 42.5. The van der Waals surface area contributed by atoms with Crippen LogP contribution in [0.2, 0.25) is 0 Å². The van der Waals surface area contributed by atoms with E-state index in [1.807, 2.05) is 0 Å². The molecule has 3 fully saturated rings. The summed E-state index contributed by atoms with van der Waals surface area (Å²) >= 11 is 0. The van der Waals surface area contributed by atoms with Gasteiger partial charge in [0.1, 0.15) is 54.9 Å². The van der Waals surface area contributed by atoms with Crippen LogP contribution in [0, 0.1) is 0 Å². The first-order valence-corrected chi connectivity index (χ1v) is 17.4. The zero-order valence-corrected chi connectivity index (χ0v) is 30.1. The maximum atomic E-state index is 13.3. The number of aliphatic hydroxyl groups excluding tert-OH is 7. The molecule has 55 heavy (non-hydrogen) atoms. The Hall–Kier alpha value is -3.67. The average molecular weight is 785 g/mol. The number of aromatic hydroxyl groups is 2. The van der Waals surface area contributed by atoms with Gasteiger partial charge in [-0.15, -0.1) is 0 Å². The van der Waals surface area contributed by atoms with E-state index >= 15 is 0 Å². The number of carbonyl (C=O) groups is 1. The van der Waals surface area contributed by atoms with Gasteiger partial charge in [-0.25, -0.2) is 4.79 Å². The third-order valence-electron chi connectivity index (χ3n) is 9.40. The van der Waals surface area contributed by atoms with Crippen LogP contribution in [0.25, 0.3) is 6.08 Å². The topological polar surface area (TPSA) is 282 Å². The van der Waals surface area contributed by atoms with Gasteiger partial charge in [0.05, 0.1) is 40.1 Å². The molecule has 0 amide bonds. The molecule has 2 aromatic carbocycles. The third kappa shape index (κ3) is 10.0. The number of esters is 1. The largest absolute Gasteiger partial charge is 0.504 e. The molecule has 0 saturated carbocycles. The highest BCUT2D eigenvalue weighted by molar-refractivity contribution is 5.87. The summed E-state index contributed by atoms with van der Waals surface area (Å²) in [6.45, 7) is 0.0631. The lowest BCUT2D eigenvalue weighted by atomic mass is 9.96. The van der Waals surface area contributed by atoms with Gasteiger partial charge < -0.3 is 88.6 Å². The summed E-state index contributed by atoms with van der Waals surface area (Å²) in [7, 11) is 2.92. The second kappa shape index (κ2) is 19.0. The number of benzene rings is 2. The summed E-state index contributed by atoms with van der Waals surface area (Å²) in [6.07, 6.45) is -19.7. The van der Waals surface area contributed by atoms with Crippen molar-refractivity contribution < 1.29 is 93.4 Å². The van der Waals surface area contributed by atoms with Crippen LogP contribution in [0.4, 0.5) is 0 Å². The first-order chi connectivity index (χ1) is 26.3. The molecule has 5 rings (SSSR count). The summed E-state index contributed by atoms with van der Waals surface area (Å²) in [5.41, 5.74) is 1.08. The van der Waals surface area contributed by atoms with Crippen molar-refractivity contribution in [2.45, 2.75) is 99.4 Å². The first-order valence-electron chi connectivity index (χ1n) is 17.4. The minimum Gasteiger partial charge on any atom is -0.504 e. The molecule has 9 N–H and O–H groups in total. The quantitative estimate of drug-likeness (QED) is 0.0572. The molecule has 0 radical (unpaired) electrons. The molecule has 19 heteroatoms. The number of rotatable bonds is 14. The number of carbonyl (C=O) groups excluding carboxylic acids is 1. The zero-order chi connectivity index (χ0) is 40.0. The molecule has 0 unspecified atom stereocenters. The van der Waals surface area contributed by atoms with Crippen LogP contribution in [-0.4, -0.2) is 172 Å². The highest BCUT2D eigenvalue weighted by Gasteiger charge is 2.54. The van der Waals surface area contributed by atoms with E-state index in [0.29, 0.717) is 22.6 Å². The Kier molecular flexibility index (Phi) is 14.7. The van der Waals surface area contributed by atoms with E-state index in [4.69, 9.17) is 42.6 Å². The summed E-state index contributed by atoms with van der Waals surface area (Å²) in [5, 5.41) is 93.9. The summed E-state index contributed by atoms with van der Waals surface area (Å²) in [5.74, 6) is -0.782. The number of ether oxygens (including phenoxy) is 9. The number of hydrogen-bond donors (Lipinski definition) is 9. The van der Waals surface area contributed by atoms with E-state index < -0.39 is 105 Å². The summed E-state index contributed by atoms with van der Waals surface area (Å²) < 4.78 is 51.0. The fourth-order valence-electron chi connectivity index (χ4n) is 6.25. The molecule has 0 aromatic heterocycles. The molecule has 3 aliphatic heterocycles. The Labute approximate surface area is 315 Å². The normalized spacial score (nSPS) is 35.4. The summed E-state index contributed by atoms with van der Waals surface area (Å²) in [4.78, 5) is 13.3. The van der Waals surface area contributed by atoms with Gasteiger partial charge in [0.2, 0.25) is 0 Å². The molecule has 2 aromatic rings. The Balaban J connectivity index is 1.40. The van der Waals surface area contributed by atoms with Crippen molar-refractivity contribution in [3.05, 3.63) is 53.6 Å². The van der Waals surface area contributed by atoms with Crippen LogP contribution < -0.4 is 9.47 Å². The lowest BCUT2D eigenvalue weighted by Crippen LogP contribution is -2.66. The van der Waals surface area contributed by atoms with Crippen molar-refractivity contribution in [2.24, 2.45) is 0 Å². The Bertz CT molecular complexity index is 1590. The smallest absolute Gasteiger partial charge is 0.331 e. The molecular weight excluding hydrogens is 736 g/mol. The van der Waals surface area contributed by atoms with Crippen molar-refractivity contribution in [2.75, 3.05) is 34.0 Å². The Morgan fingerprint density at radius 3 is 2.20 bits per heavy atom. The third-order valence-corrected chi connectivity index (χ3v) is 9.40. The number of phenolic OH excluding ortho intramolecular Hbond substituents is 2. The van der Waals surface area contributed by atoms with Gasteiger partial charge in [-0.05, 0) is 54.8 Å². The maximum absolute atomic E-state index is 13.3. The second-order valence-corrected chi connectivity index (χ2v) is 13.2. The number of phenols is 2. The standard InChI is InChI=1S/C36H48O19/c1-16-26(42)28(44)33(55-34-29(45)27(43)21(40)15-50-34)36(51-16)54-32-30(46)35(49-11-10-18-4-7-19(38)20(39)12-18)52-24(14-37)31(32)53-25(41)9-6-17-5-8-22(47-2)23(13-17)48-3/h4-9,12-13,16,21,24,26-40,42-46H,10-11,14-15H2,1-3H3/b9-6-/t16-,21-,24+,26-,27+,28+,29+,30+,31+,32+,33+,34+,35+,36+/m0/s1. The monoisotopic (exact) mass is 784 g/mol.